The van der Waals surface area contributed by atoms with Crippen LogP contribution in [0.3, 0.4) is 0 Å². The summed E-state index contributed by atoms with van der Waals surface area (Å²) in [6.45, 7) is 0.824. The number of rotatable bonds is 5. The number of hydrogen-bond acceptors (Lipinski definition) is 2. The first kappa shape index (κ1) is 11.6. The van der Waals surface area contributed by atoms with E-state index in [0.717, 1.165) is 12.5 Å². The molecule has 2 aliphatic rings. The minimum atomic E-state index is 0.0171. The number of carbonyl (C=O) groups excluding carboxylic acids is 1. The summed E-state index contributed by atoms with van der Waals surface area (Å²) in [7, 11) is 0. The number of para-hydroxylation sites is 1. The van der Waals surface area contributed by atoms with Crippen molar-refractivity contribution in [2.75, 3.05) is 6.54 Å². The summed E-state index contributed by atoms with van der Waals surface area (Å²) < 4.78 is 0. The molecule has 3 heteroatoms. The second-order valence-corrected chi connectivity index (χ2v) is 5.72. The Morgan fingerprint density at radius 2 is 2.06 bits per heavy atom. The Bertz CT molecular complexity index is 461. The number of phenols is 1. The highest BCUT2D eigenvalue weighted by Crippen LogP contribution is 2.60. The van der Waals surface area contributed by atoms with Crippen LogP contribution in [0, 0.1) is 11.3 Å². The Kier molecular flexibility index (Phi) is 2.77. The highest BCUT2D eigenvalue weighted by molar-refractivity contribution is 5.79. The Labute approximate surface area is 107 Å². The number of phenolic OH excluding ortho intramolecular Hbond substituents is 1. The highest BCUT2D eigenvalue weighted by atomic mass is 16.3. The van der Waals surface area contributed by atoms with Crippen molar-refractivity contribution in [1.82, 2.24) is 5.32 Å². The molecule has 2 aliphatic carbocycles. The van der Waals surface area contributed by atoms with E-state index in [1.54, 1.807) is 18.2 Å². The van der Waals surface area contributed by atoms with Gasteiger partial charge in [0.15, 0.2) is 0 Å². The van der Waals surface area contributed by atoms with Gasteiger partial charge in [0, 0.05) is 12.1 Å². The van der Waals surface area contributed by atoms with E-state index in [1.807, 2.05) is 6.07 Å². The summed E-state index contributed by atoms with van der Waals surface area (Å²) >= 11 is 0. The largest absolute Gasteiger partial charge is 0.508 e. The minimum absolute atomic E-state index is 0.0171. The van der Waals surface area contributed by atoms with Gasteiger partial charge in [-0.15, -0.1) is 0 Å². The maximum Gasteiger partial charge on any atom is 0.224 e. The van der Waals surface area contributed by atoms with Gasteiger partial charge in [0.05, 0.1) is 6.42 Å². The highest BCUT2D eigenvalue weighted by Gasteiger charge is 2.53. The minimum Gasteiger partial charge on any atom is -0.508 e. The molecule has 18 heavy (non-hydrogen) atoms. The molecule has 3 nitrogen and oxygen atoms in total. The van der Waals surface area contributed by atoms with Crippen LogP contribution >= 0.6 is 0 Å². The molecule has 2 fully saturated rings. The molecule has 1 aromatic rings. The Morgan fingerprint density at radius 3 is 2.67 bits per heavy atom. The molecular weight excluding hydrogens is 226 g/mol. The quantitative estimate of drug-likeness (QED) is 0.836. The fourth-order valence-electron chi connectivity index (χ4n) is 2.76. The van der Waals surface area contributed by atoms with Gasteiger partial charge >= 0.3 is 0 Å². The third-order valence-corrected chi connectivity index (χ3v) is 4.32. The molecule has 1 aromatic carbocycles. The molecule has 3 rings (SSSR count). The number of benzene rings is 1. The van der Waals surface area contributed by atoms with Crippen LogP contribution in [-0.2, 0) is 11.2 Å². The van der Waals surface area contributed by atoms with E-state index < -0.39 is 0 Å². The van der Waals surface area contributed by atoms with Crippen LogP contribution < -0.4 is 5.32 Å². The average Bonchev–Trinajstić information content (AvgIpc) is 3.23. The van der Waals surface area contributed by atoms with Crippen LogP contribution in [-0.4, -0.2) is 17.6 Å². The monoisotopic (exact) mass is 245 g/mol. The van der Waals surface area contributed by atoms with Crippen LogP contribution in [0.2, 0.25) is 0 Å². The standard InChI is InChI=1S/C15H19NO2/c17-13-4-2-1-3-11(13)9-14(18)16-10-15(7-8-15)12-5-6-12/h1-4,12,17H,5-10H2,(H,16,18). The summed E-state index contributed by atoms with van der Waals surface area (Å²) in [6.07, 6.45) is 5.50. The summed E-state index contributed by atoms with van der Waals surface area (Å²) in [4.78, 5) is 11.9. The lowest BCUT2D eigenvalue weighted by molar-refractivity contribution is -0.120. The van der Waals surface area contributed by atoms with Gasteiger partial charge in [0.2, 0.25) is 5.91 Å². The van der Waals surface area contributed by atoms with Crippen molar-refractivity contribution in [3.8, 4) is 5.75 Å². The Morgan fingerprint density at radius 1 is 1.33 bits per heavy atom. The third kappa shape index (κ3) is 2.35. The van der Waals surface area contributed by atoms with Crippen molar-refractivity contribution in [2.45, 2.75) is 32.1 Å². The maximum absolute atomic E-state index is 11.9. The molecule has 2 saturated carbocycles. The molecule has 0 aliphatic heterocycles. The van der Waals surface area contributed by atoms with Crippen molar-refractivity contribution in [3.63, 3.8) is 0 Å². The number of nitrogens with one attached hydrogen (secondary N) is 1. The van der Waals surface area contributed by atoms with Crippen molar-refractivity contribution in [1.29, 1.82) is 0 Å². The van der Waals surface area contributed by atoms with Crippen LogP contribution in [0.25, 0.3) is 0 Å². The van der Waals surface area contributed by atoms with Crippen molar-refractivity contribution < 1.29 is 9.90 Å². The smallest absolute Gasteiger partial charge is 0.224 e. The molecule has 0 aromatic heterocycles. The molecule has 0 heterocycles. The maximum atomic E-state index is 11.9. The number of amides is 1. The molecule has 0 saturated heterocycles. The van der Waals surface area contributed by atoms with Crippen LogP contribution in [0.4, 0.5) is 0 Å². The van der Waals surface area contributed by atoms with Gasteiger partial charge in [-0.3, -0.25) is 4.79 Å². The second-order valence-electron chi connectivity index (χ2n) is 5.72. The molecule has 0 atom stereocenters. The predicted octanol–water partition coefficient (Wildman–Crippen LogP) is 2.24. The van der Waals surface area contributed by atoms with Crippen molar-refractivity contribution in [2.24, 2.45) is 11.3 Å². The molecule has 0 radical (unpaired) electrons. The summed E-state index contributed by atoms with van der Waals surface area (Å²) in [5.41, 5.74) is 1.14. The van der Waals surface area contributed by atoms with E-state index in [-0.39, 0.29) is 18.1 Å². The van der Waals surface area contributed by atoms with E-state index in [1.165, 1.54) is 25.7 Å². The fourth-order valence-corrected chi connectivity index (χ4v) is 2.76. The topological polar surface area (TPSA) is 49.3 Å². The van der Waals surface area contributed by atoms with Gasteiger partial charge in [-0.1, -0.05) is 18.2 Å². The second kappa shape index (κ2) is 4.30. The van der Waals surface area contributed by atoms with Crippen LogP contribution in [0.1, 0.15) is 31.2 Å². The lowest BCUT2D eigenvalue weighted by Crippen LogP contribution is -2.32. The van der Waals surface area contributed by atoms with E-state index in [9.17, 15) is 9.90 Å². The molecule has 1 amide bonds. The normalized spacial score (nSPS) is 20.4. The Hall–Kier alpha value is -1.51. The van der Waals surface area contributed by atoms with Crippen LogP contribution in [0.15, 0.2) is 24.3 Å². The van der Waals surface area contributed by atoms with E-state index in [0.29, 0.717) is 11.0 Å². The van der Waals surface area contributed by atoms with Gasteiger partial charge < -0.3 is 10.4 Å². The van der Waals surface area contributed by atoms with Crippen molar-refractivity contribution >= 4 is 5.91 Å². The van der Waals surface area contributed by atoms with E-state index >= 15 is 0 Å². The van der Waals surface area contributed by atoms with Gasteiger partial charge in [-0.2, -0.15) is 0 Å². The summed E-state index contributed by atoms with van der Waals surface area (Å²) in [6, 6.07) is 7.02. The predicted molar refractivity (Wildman–Crippen MR) is 69.2 cm³/mol. The molecule has 2 N–H and O–H groups in total. The van der Waals surface area contributed by atoms with Crippen LogP contribution in [0.5, 0.6) is 5.75 Å². The Balaban J connectivity index is 1.52. The first-order chi connectivity index (χ1) is 8.70. The molecule has 96 valence electrons. The number of hydrogen-bond donors (Lipinski definition) is 2. The van der Waals surface area contributed by atoms with E-state index in [4.69, 9.17) is 0 Å². The zero-order chi connectivity index (χ0) is 12.6. The van der Waals surface area contributed by atoms with Gasteiger partial charge in [0.25, 0.3) is 0 Å². The number of aromatic hydroxyl groups is 1. The molecular formula is C15H19NO2. The number of carbonyl (C=O) groups is 1. The average molecular weight is 245 g/mol. The third-order valence-electron chi connectivity index (χ3n) is 4.32. The van der Waals surface area contributed by atoms with Gasteiger partial charge in [-0.05, 0) is 43.1 Å². The molecule has 0 unspecified atom stereocenters. The van der Waals surface area contributed by atoms with Gasteiger partial charge in [-0.25, -0.2) is 0 Å². The summed E-state index contributed by atoms with van der Waals surface area (Å²) in [5, 5.41) is 12.7. The molecule has 0 spiro atoms. The van der Waals surface area contributed by atoms with E-state index in [2.05, 4.69) is 5.32 Å². The first-order valence-corrected chi connectivity index (χ1v) is 6.73. The zero-order valence-corrected chi connectivity index (χ0v) is 10.5. The lowest BCUT2D eigenvalue weighted by Gasteiger charge is -2.15. The van der Waals surface area contributed by atoms with Crippen molar-refractivity contribution in [3.05, 3.63) is 29.8 Å². The molecule has 0 bridgehead atoms. The lowest BCUT2D eigenvalue weighted by atomic mass is 10.0. The summed E-state index contributed by atoms with van der Waals surface area (Å²) in [5.74, 6) is 1.09. The fraction of sp³-hybridized carbons (Fsp3) is 0.533. The van der Waals surface area contributed by atoms with Gasteiger partial charge in [0.1, 0.15) is 5.75 Å². The first-order valence-electron chi connectivity index (χ1n) is 6.73. The SMILES string of the molecule is O=C(Cc1ccccc1O)NCC1(C2CC2)CC1. The zero-order valence-electron chi connectivity index (χ0n) is 10.5.